The second-order valence-electron chi connectivity index (χ2n) is 6.17. The Hall–Kier alpha value is -0.160. The van der Waals surface area contributed by atoms with E-state index in [4.69, 9.17) is 9.47 Å². The summed E-state index contributed by atoms with van der Waals surface area (Å²) in [5.41, 5.74) is 0.00900. The van der Waals surface area contributed by atoms with Crippen molar-refractivity contribution in [1.29, 1.82) is 0 Å². The van der Waals surface area contributed by atoms with Gasteiger partial charge >= 0.3 is 0 Å². The molecule has 0 amide bonds. The monoisotopic (exact) mass is 255 g/mol. The molecule has 1 N–H and O–H groups in total. The average Bonchev–Trinajstić information content (AvgIpc) is 2.87. The molecule has 3 aliphatic rings. The fraction of sp³-hybridized carbons (Fsp3) is 1.00. The van der Waals surface area contributed by atoms with Crippen molar-refractivity contribution in [2.24, 2.45) is 5.92 Å². The standard InChI is InChI=1S/C14H25NO3/c16-10-12-2-1-5-15(9-12)13-3-6-18-14(8-13)4-7-17-11-14/h12-13,16H,1-11H2. The molecule has 0 aromatic rings. The third-order valence-electron chi connectivity index (χ3n) is 4.86. The van der Waals surface area contributed by atoms with Crippen LogP contribution in [0.5, 0.6) is 0 Å². The highest BCUT2D eigenvalue weighted by molar-refractivity contribution is 4.94. The lowest BCUT2D eigenvalue weighted by molar-refractivity contribution is -0.110. The topological polar surface area (TPSA) is 41.9 Å². The van der Waals surface area contributed by atoms with Crippen LogP contribution in [-0.4, -0.2) is 61.2 Å². The predicted octanol–water partition coefficient (Wildman–Crippen LogP) is 1.03. The van der Waals surface area contributed by atoms with Gasteiger partial charge in [-0.25, -0.2) is 0 Å². The van der Waals surface area contributed by atoms with Crippen LogP contribution in [0.1, 0.15) is 32.1 Å². The van der Waals surface area contributed by atoms with Crippen LogP contribution in [0.25, 0.3) is 0 Å². The van der Waals surface area contributed by atoms with Crippen LogP contribution in [0, 0.1) is 5.92 Å². The summed E-state index contributed by atoms with van der Waals surface area (Å²) in [6.07, 6.45) is 5.72. The van der Waals surface area contributed by atoms with Crippen LogP contribution in [0.15, 0.2) is 0 Å². The fourth-order valence-electron chi connectivity index (χ4n) is 3.75. The smallest absolute Gasteiger partial charge is 0.0951 e. The zero-order chi connectivity index (χ0) is 12.4. The maximum atomic E-state index is 9.34. The number of hydrogen-bond acceptors (Lipinski definition) is 4. The molecule has 3 aliphatic heterocycles. The van der Waals surface area contributed by atoms with E-state index in [9.17, 15) is 5.11 Å². The van der Waals surface area contributed by atoms with E-state index in [0.717, 1.165) is 45.6 Å². The predicted molar refractivity (Wildman–Crippen MR) is 68.5 cm³/mol. The maximum Gasteiger partial charge on any atom is 0.0951 e. The van der Waals surface area contributed by atoms with Crippen LogP contribution < -0.4 is 0 Å². The lowest BCUT2D eigenvalue weighted by atomic mass is 9.87. The summed E-state index contributed by atoms with van der Waals surface area (Å²) in [4.78, 5) is 2.59. The molecule has 3 atom stereocenters. The Bertz CT molecular complexity index is 278. The van der Waals surface area contributed by atoms with Crippen molar-refractivity contribution in [1.82, 2.24) is 4.90 Å². The Labute approximate surface area is 109 Å². The number of aliphatic hydroxyl groups excluding tert-OH is 1. The molecule has 18 heavy (non-hydrogen) atoms. The van der Waals surface area contributed by atoms with Crippen molar-refractivity contribution < 1.29 is 14.6 Å². The second kappa shape index (κ2) is 5.45. The average molecular weight is 255 g/mol. The summed E-state index contributed by atoms with van der Waals surface area (Å²) in [6.45, 7) is 5.10. The molecule has 4 heteroatoms. The third-order valence-corrected chi connectivity index (χ3v) is 4.86. The molecule has 1 spiro atoms. The number of rotatable bonds is 2. The van der Waals surface area contributed by atoms with Crippen molar-refractivity contribution in [3.05, 3.63) is 0 Å². The molecule has 3 saturated heterocycles. The quantitative estimate of drug-likeness (QED) is 0.800. The van der Waals surface area contributed by atoms with E-state index in [0.29, 0.717) is 18.6 Å². The first-order valence-electron chi connectivity index (χ1n) is 7.38. The van der Waals surface area contributed by atoms with E-state index in [-0.39, 0.29) is 5.60 Å². The Kier molecular flexibility index (Phi) is 3.89. The van der Waals surface area contributed by atoms with Crippen LogP contribution in [0.3, 0.4) is 0 Å². The summed E-state index contributed by atoms with van der Waals surface area (Å²) in [5.74, 6) is 0.484. The largest absolute Gasteiger partial charge is 0.396 e. The Morgan fingerprint density at radius 3 is 3.00 bits per heavy atom. The zero-order valence-corrected chi connectivity index (χ0v) is 11.1. The molecule has 0 radical (unpaired) electrons. The van der Waals surface area contributed by atoms with Gasteiger partial charge < -0.3 is 14.6 Å². The lowest BCUT2D eigenvalue weighted by Crippen LogP contribution is -2.52. The first-order chi connectivity index (χ1) is 8.81. The van der Waals surface area contributed by atoms with Gasteiger partial charge in [0.25, 0.3) is 0 Å². The molecule has 0 aromatic carbocycles. The highest BCUT2D eigenvalue weighted by atomic mass is 16.6. The van der Waals surface area contributed by atoms with Gasteiger partial charge in [-0.3, -0.25) is 4.90 Å². The third kappa shape index (κ3) is 2.57. The van der Waals surface area contributed by atoms with Gasteiger partial charge in [0.15, 0.2) is 0 Å². The molecule has 104 valence electrons. The summed E-state index contributed by atoms with van der Waals surface area (Å²) in [6, 6.07) is 0.634. The summed E-state index contributed by atoms with van der Waals surface area (Å²) < 4.78 is 11.5. The highest BCUT2D eigenvalue weighted by Crippen LogP contribution is 2.35. The zero-order valence-electron chi connectivity index (χ0n) is 11.1. The van der Waals surface area contributed by atoms with Gasteiger partial charge in [0.2, 0.25) is 0 Å². The van der Waals surface area contributed by atoms with Gasteiger partial charge in [-0.1, -0.05) is 0 Å². The van der Waals surface area contributed by atoms with E-state index >= 15 is 0 Å². The van der Waals surface area contributed by atoms with E-state index in [1.807, 2.05) is 0 Å². The number of likely N-dealkylation sites (tertiary alicyclic amines) is 1. The molecule has 3 fully saturated rings. The Balaban J connectivity index is 1.61. The Morgan fingerprint density at radius 2 is 2.22 bits per heavy atom. The second-order valence-corrected chi connectivity index (χ2v) is 6.17. The molecule has 3 rings (SSSR count). The number of hydrogen-bond donors (Lipinski definition) is 1. The molecular weight excluding hydrogens is 230 g/mol. The molecule has 0 aliphatic carbocycles. The molecular formula is C14H25NO3. The van der Waals surface area contributed by atoms with E-state index < -0.39 is 0 Å². The first-order valence-corrected chi connectivity index (χ1v) is 7.38. The minimum atomic E-state index is 0.00900. The Morgan fingerprint density at radius 1 is 1.28 bits per heavy atom. The SMILES string of the molecule is OCC1CCCN(C2CCOC3(CCOC3)C2)C1. The van der Waals surface area contributed by atoms with Crippen molar-refractivity contribution in [2.45, 2.75) is 43.7 Å². The minimum Gasteiger partial charge on any atom is -0.396 e. The van der Waals surface area contributed by atoms with Crippen LogP contribution in [0.2, 0.25) is 0 Å². The van der Waals surface area contributed by atoms with E-state index in [1.165, 1.54) is 19.4 Å². The summed E-state index contributed by atoms with van der Waals surface area (Å²) in [5, 5.41) is 9.34. The number of piperidine rings is 1. The summed E-state index contributed by atoms with van der Waals surface area (Å²) >= 11 is 0. The van der Waals surface area contributed by atoms with Gasteiger partial charge in [-0.15, -0.1) is 0 Å². The van der Waals surface area contributed by atoms with Crippen LogP contribution in [-0.2, 0) is 9.47 Å². The maximum absolute atomic E-state index is 9.34. The van der Waals surface area contributed by atoms with Crippen molar-refractivity contribution in [3.63, 3.8) is 0 Å². The van der Waals surface area contributed by atoms with Crippen molar-refractivity contribution in [2.75, 3.05) is 39.5 Å². The van der Waals surface area contributed by atoms with Gasteiger partial charge in [-0.2, -0.15) is 0 Å². The lowest BCUT2D eigenvalue weighted by Gasteiger charge is -2.44. The van der Waals surface area contributed by atoms with Crippen molar-refractivity contribution in [3.8, 4) is 0 Å². The number of nitrogens with zero attached hydrogens (tertiary/aromatic N) is 1. The van der Waals surface area contributed by atoms with Gasteiger partial charge in [0.1, 0.15) is 0 Å². The van der Waals surface area contributed by atoms with Gasteiger partial charge in [0, 0.05) is 38.8 Å². The minimum absolute atomic E-state index is 0.00900. The van der Waals surface area contributed by atoms with Gasteiger partial charge in [0.05, 0.1) is 12.2 Å². The highest BCUT2D eigenvalue weighted by Gasteiger charge is 2.42. The van der Waals surface area contributed by atoms with Crippen LogP contribution in [0.4, 0.5) is 0 Å². The van der Waals surface area contributed by atoms with E-state index in [1.54, 1.807) is 0 Å². The number of aliphatic hydroxyl groups is 1. The van der Waals surface area contributed by atoms with Gasteiger partial charge in [-0.05, 0) is 38.1 Å². The van der Waals surface area contributed by atoms with Crippen molar-refractivity contribution >= 4 is 0 Å². The molecule has 3 unspecified atom stereocenters. The molecule has 0 saturated carbocycles. The molecule has 0 aromatic heterocycles. The first kappa shape index (κ1) is 12.9. The summed E-state index contributed by atoms with van der Waals surface area (Å²) in [7, 11) is 0. The van der Waals surface area contributed by atoms with E-state index in [2.05, 4.69) is 4.90 Å². The number of ether oxygens (including phenoxy) is 2. The fourth-order valence-corrected chi connectivity index (χ4v) is 3.75. The molecule has 4 nitrogen and oxygen atoms in total. The normalized spacial score (nSPS) is 42.5. The molecule has 0 bridgehead atoms. The van der Waals surface area contributed by atoms with Crippen LogP contribution >= 0.6 is 0 Å². The molecule has 3 heterocycles.